The molecule has 0 aliphatic heterocycles. The SMILES string of the molecule is O=C(NCc1ccc(Br)cc1)c1ccc(Br)o1. The monoisotopic (exact) mass is 357 g/mol. The van der Waals surface area contributed by atoms with Gasteiger partial charge in [0.05, 0.1) is 0 Å². The van der Waals surface area contributed by atoms with E-state index in [4.69, 9.17) is 4.42 Å². The Kier molecular flexibility index (Phi) is 4.02. The lowest BCUT2D eigenvalue weighted by Crippen LogP contribution is -2.22. The third-order valence-corrected chi connectivity index (χ3v) is 3.12. The zero-order valence-electron chi connectivity index (χ0n) is 8.74. The summed E-state index contributed by atoms with van der Waals surface area (Å²) in [6, 6.07) is 11.1. The van der Waals surface area contributed by atoms with E-state index in [2.05, 4.69) is 37.2 Å². The Bertz CT molecular complexity index is 520. The first-order valence-electron chi connectivity index (χ1n) is 4.93. The first kappa shape index (κ1) is 12.4. The summed E-state index contributed by atoms with van der Waals surface area (Å²) in [6.07, 6.45) is 0. The number of hydrogen-bond donors (Lipinski definition) is 1. The van der Waals surface area contributed by atoms with E-state index in [1.807, 2.05) is 24.3 Å². The molecule has 0 fully saturated rings. The Morgan fingerprint density at radius 2 is 1.82 bits per heavy atom. The van der Waals surface area contributed by atoms with Crippen LogP contribution in [0, 0.1) is 0 Å². The maximum Gasteiger partial charge on any atom is 0.287 e. The van der Waals surface area contributed by atoms with E-state index in [0.717, 1.165) is 10.0 Å². The highest BCUT2D eigenvalue weighted by atomic mass is 79.9. The van der Waals surface area contributed by atoms with Crippen molar-refractivity contribution >= 4 is 37.8 Å². The van der Waals surface area contributed by atoms with Crippen molar-refractivity contribution in [2.75, 3.05) is 0 Å². The highest BCUT2D eigenvalue weighted by molar-refractivity contribution is 9.10. The summed E-state index contributed by atoms with van der Waals surface area (Å²) in [4.78, 5) is 11.7. The number of benzene rings is 1. The molecule has 17 heavy (non-hydrogen) atoms. The molecule has 0 spiro atoms. The fraction of sp³-hybridized carbons (Fsp3) is 0.0833. The summed E-state index contributed by atoms with van der Waals surface area (Å²) in [6.45, 7) is 0.477. The summed E-state index contributed by atoms with van der Waals surface area (Å²) in [5.41, 5.74) is 1.03. The number of carbonyl (C=O) groups is 1. The van der Waals surface area contributed by atoms with E-state index in [-0.39, 0.29) is 5.91 Å². The van der Waals surface area contributed by atoms with Crippen molar-refractivity contribution in [3.05, 3.63) is 56.9 Å². The molecule has 0 aliphatic rings. The van der Waals surface area contributed by atoms with Crippen LogP contribution in [0.4, 0.5) is 0 Å². The minimum Gasteiger partial charge on any atom is -0.444 e. The molecule has 0 atom stereocenters. The van der Waals surface area contributed by atoms with Gasteiger partial charge in [0.2, 0.25) is 0 Å². The minimum atomic E-state index is -0.224. The summed E-state index contributed by atoms with van der Waals surface area (Å²) >= 11 is 6.51. The van der Waals surface area contributed by atoms with Crippen LogP contribution in [-0.2, 0) is 6.54 Å². The number of furan rings is 1. The quantitative estimate of drug-likeness (QED) is 0.908. The van der Waals surface area contributed by atoms with Crippen LogP contribution in [0.25, 0.3) is 0 Å². The molecule has 0 aliphatic carbocycles. The maximum atomic E-state index is 11.7. The molecular weight excluding hydrogens is 350 g/mol. The average molecular weight is 359 g/mol. The van der Waals surface area contributed by atoms with Crippen molar-refractivity contribution in [1.29, 1.82) is 0 Å². The van der Waals surface area contributed by atoms with Crippen LogP contribution in [0.15, 0.2) is 50.0 Å². The largest absolute Gasteiger partial charge is 0.444 e. The van der Waals surface area contributed by atoms with Crippen LogP contribution in [-0.4, -0.2) is 5.91 Å². The topological polar surface area (TPSA) is 42.2 Å². The highest BCUT2D eigenvalue weighted by Gasteiger charge is 2.09. The van der Waals surface area contributed by atoms with Crippen molar-refractivity contribution < 1.29 is 9.21 Å². The first-order valence-corrected chi connectivity index (χ1v) is 6.52. The molecule has 5 heteroatoms. The van der Waals surface area contributed by atoms with Crippen LogP contribution in [0.3, 0.4) is 0 Å². The number of rotatable bonds is 3. The number of nitrogens with one attached hydrogen (secondary N) is 1. The number of halogens is 2. The van der Waals surface area contributed by atoms with Crippen LogP contribution < -0.4 is 5.32 Å². The second-order valence-corrected chi connectivity index (χ2v) is 5.11. The van der Waals surface area contributed by atoms with Gasteiger partial charge in [0.15, 0.2) is 10.4 Å². The molecule has 3 nitrogen and oxygen atoms in total. The maximum absolute atomic E-state index is 11.7. The van der Waals surface area contributed by atoms with Gasteiger partial charge in [0.25, 0.3) is 5.91 Å². The van der Waals surface area contributed by atoms with Gasteiger partial charge in [-0.3, -0.25) is 4.79 Å². The third kappa shape index (κ3) is 3.44. The predicted octanol–water partition coefficient (Wildman–Crippen LogP) is 3.73. The van der Waals surface area contributed by atoms with Crippen molar-refractivity contribution in [3.8, 4) is 0 Å². The fourth-order valence-electron chi connectivity index (χ4n) is 1.31. The average Bonchev–Trinajstić information content (AvgIpc) is 2.75. The molecule has 1 amide bonds. The fourth-order valence-corrected chi connectivity index (χ4v) is 1.88. The van der Waals surface area contributed by atoms with Crippen LogP contribution >= 0.6 is 31.9 Å². The molecule has 2 rings (SSSR count). The molecule has 0 radical (unpaired) electrons. The molecule has 0 bridgehead atoms. The molecule has 0 saturated heterocycles. The summed E-state index contributed by atoms with van der Waals surface area (Å²) in [5, 5.41) is 2.78. The highest BCUT2D eigenvalue weighted by Crippen LogP contribution is 2.14. The van der Waals surface area contributed by atoms with Gasteiger partial charge in [-0.15, -0.1) is 0 Å². The van der Waals surface area contributed by atoms with E-state index in [1.165, 1.54) is 0 Å². The predicted molar refractivity (Wildman–Crippen MR) is 71.7 cm³/mol. The van der Waals surface area contributed by atoms with Crippen molar-refractivity contribution in [3.63, 3.8) is 0 Å². The lowest BCUT2D eigenvalue weighted by atomic mass is 10.2. The van der Waals surface area contributed by atoms with E-state index in [1.54, 1.807) is 12.1 Å². The molecule has 1 aromatic heterocycles. The summed E-state index contributed by atoms with van der Waals surface area (Å²) < 4.78 is 6.71. The third-order valence-electron chi connectivity index (χ3n) is 2.16. The zero-order chi connectivity index (χ0) is 12.3. The number of hydrogen-bond acceptors (Lipinski definition) is 2. The molecule has 1 N–H and O–H groups in total. The molecule has 0 saturated carbocycles. The van der Waals surface area contributed by atoms with Gasteiger partial charge in [-0.25, -0.2) is 0 Å². The zero-order valence-corrected chi connectivity index (χ0v) is 11.9. The molecule has 0 unspecified atom stereocenters. The van der Waals surface area contributed by atoms with E-state index >= 15 is 0 Å². The van der Waals surface area contributed by atoms with Crippen LogP contribution in [0.2, 0.25) is 0 Å². The smallest absolute Gasteiger partial charge is 0.287 e. The Labute approximate surface area is 115 Å². The lowest BCUT2D eigenvalue weighted by Gasteiger charge is -2.03. The van der Waals surface area contributed by atoms with Gasteiger partial charge in [-0.2, -0.15) is 0 Å². The van der Waals surface area contributed by atoms with Crippen molar-refractivity contribution in [1.82, 2.24) is 5.32 Å². The van der Waals surface area contributed by atoms with Crippen LogP contribution in [0.1, 0.15) is 16.1 Å². The normalized spacial score (nSPS) is 10.2. The van der Waals surface area contributed by atoms with Gasteiger partial charge < -0.3 is 9.73 Å². The Morgan fingerprint density at radius 3 is 2.41 bits per heavy atom. The van der Waals surface area contributed by atoms with Crippen molar-refractivity contribution in [2.24, 2.45) is 0 Å². The van der Waals surface area contributed by atoms with Gasteiger partial charge in [-0.05, 0) is 45.8 Å². The van der Waals surface area contributed by atoms with Gasteiger partial charge in [0, 0.05) is 11.0 Å². The Hall–Kier alpha value is -1.07. The van der Waals surface area contributed by atoms with Gasteiger partial charge >= 0.3 is 0 Å². The molecule has 1 heterocycles. The first-order chi connectivity index (χ1) is 8.15. The van der Waals surface area contributed by atoms with Crippen LogP contribution in [0.5, 0.6) is 0 Å². The number of carbonyl (C=O) groups excluding carboxylic acids is 1. The van der Waals surface area contributed by atoms with E-state index < -0.39 is 0 Å². The van der Waals surface area contributed by atoms with E-state index in [9.17, 15) is 4.79 Å². The molecule has 88 valence electrons. The van der Waals surface area contributed by atoms with Crippen molar-refractivity contribution in [2.45, 2.75) is 6.54 Å². The van der Waals surface area contributed by atoms with Gasteiger partial charge in [-0.1, -0.05) is 28.1 Å². The second-order valence-electron chi connectivity index (χ2n) is 3.41. The minimum absolute atomic E-state index is 0.224. The van der Waals surface area contributed by atoms with E-state index in [0.29, 0.717) is 17.0 Å². The summed E-state index contributed by atoms with van der Waals surface area (Å²) in [7, 11) is 0. The standard InChI is InChI=1S/C12H9Br2NO2/c13-9-3-1-8(2-4-9)7-15-12(16)10-5-6-11(14)17-10/h1-6H,7H2,(H,15,16). The molecule has 2 aromatic rings. The number of amides is 1. The second kappa shape index (κ2) is 5.51. The summed E-state index contributed by atoms with van der Waals surface area (Å²) in [5.74, 6) is 0.0765. The van der Waals surface area contributed by atoms with Gasteiger partial charge in [0.1, 0.15) is 0 Å². The Balaban J connectivity index is 1.94. The molecular formula is C12H9Br2NO2. The Morgan fingerprint density at radius 1 is 1.12 bits per heavy atom. The molecule has 1 aromatic carbocycles. The lowest BCUT2D eigenvalue weighted by molar-refractivity contribution is 0.0922.